The first kappa shape index (κ1) is 9.88. The fourth-order valence-electron chi connectivity index (χ4n) is 0.602. The first-order valence-corrected chi connectivity index (χ1v) is 3.53. The van der Waals surface area contributed by atoms with E-state index in [2.05, 4.69) is 4.89 Å². The van der Waals surface area contributed by atoms with Crippen molar-refractivity contribution in [1.29, 1.82) is 0 Å². The van der Waals surface area contributed by atoms with Gasteiger partial charge in [0.2, 0.25) is 0 Å². The number of hydrogen-bond donors (Lipinski definition) is 2. The predicted octanol–water partition coefficient (Wildman–Crippen LogP) is 1.62. The second-order valence-electron chi connectivity index (χ2n) is 3.20. The molecule has 0 amide bonds. The second-order valence-corrected chi connectivity index (χ2v) is 3.20. The lowest BCUT2D eigenvalue weighted by Gasteiger charge is -2.19. The van der Waals surface area contributed by atoms with E-state index in [0.717, 1.165) is 6.42 Å². The second kappa shape index (κ2) is 3.91. The molecule has 0 saturated carbocycles. The SMILES string of the molecule is CC(C)CCC(C)(O)OO. The molecule has 0 aliphatic carbocycles. The Hall–Kier alpha value is -0.120. The molecule has 2 N–H and O–H groups in total. The summed E-state index contributed by atoms with van der Waals surface area (Å²) in [6.07, 6.45) is 1.30. The Morgan fingerprint density at radius 2 is 2.00 bits per heavy atom. The lowest BCUT2D eigenvalue weighted by atomic mass is 10.0. The topological polar surface area (TPSA) is 49.7 Å². The highest BCUT2D eigenvalue weighted by molar-refractivity contribution is 4.58. The summed E-state index contributed by atoms with van der Waals surface area (Å²) in [7, 11) is 0. The quantitative estimate of drug-likeness (QED) is 0.362. The van der Waals surface area contributed by atoms with Crippen LogP contribution in [0, 0.1) is 5.92 Å². The zero-order valence-corrected chi connectivity index (χ0v) is 6.79. The number of aliphatic hydroxyl groups is 1. The molecule has 0 aromatic heterocycles. The van der Waals surface area contributed by atoms with E-state index >= 15 is 0 Å². The van der Waals surface area contributed by atoms with Gasteiger partial charge in [0.05, 0.1) is 0 Å². The predicted molar refractivity (Wildman–Crippen MR) is 38.4 cm³/mol. The molecule has 0 spiro atoms. The number of hydrogen-bond acceptors (Lipinski definition) is 3. The minimum atomic E-state index is -1.37. The van der Waals surface area contributed by atoms with Crippen molar-refractivity contribution in [2.24, 2.45) is 5.92 Å². The van der Waals surface area contributed by atoms with Crippen molar-refractivity contribution in [1.82, 2.24) is 0 Å². The minimum absolute atomic E-state index is 0.459. The van der Waals surface area contributed by atoms with Crippen molar-refractivity contribution in [2.45, 2.75) is 39.4 Å². The summed E-state index contributed by atoms with van der Waals surface area (Å²) in [5, 5.41) is 17.3. The Labute approximate surface area is 61.6 Å². The lowest BCUT2D eigenvalue weighted by molar-refractivity contribution is -0.387. The average Bonchev–Trinajstić information content (AvgIpc) is 1.85. The third-order valence-electron chi connectivity index (χ3n) is 1.38. The highest BCUT2D eigenvalue weighted by atomic mass is 17.1. The Morgan fingerprint density at radius 3 is 2.30 bits per heavy atom. The van der Waals surface area contributed by atoms with E-state index in [1.54, 1.807) is 0 Å². The number of rotatable bonds is 4. The van der Waals surface area contributed by atoms with E-state index < -0.39 is 5.79 Å². The molecule has 0 heterocycles. The first-order valence-electron chi connectivity index (χ1n) is 3.53. The van der Waals surface area contributed by atoms with Gasteiger partial charge in [-0.3, -0.25) is 0 Å². The van der Waals surface area contributed by atoms with E-state index in [9.17, 15) is 0 Å². The van der Waals surface area contributed by atoms with Crippen molar-refractivity contribution in [3.63, 3.8) is 0 Å². The van der Waals surface area contributed by atoms with Crippen LogP contribution in [0.25, 0.3) is 0 Å². The Kier molecular flexibility index (Phi) is 3.86. The summed E-state index contributed by atoms with van der Waals surface area (Å²) in [6.45, 7) is 5.54. The van der Waals surface area contributed by atoms with E-state index in [1.807, 2.05) is 13.8 Å². The van der Waals surface area contributed by atoms with Crippen molar-refractivity contribution in [2.75, 3.05) is 0 Å². The van der Waals surface area contributed by atoms with Gasteiger partial charge in [0.15, 0.2) is 5.79 Å². The molecule has 1 unspecified atom stereocenters. The zero-order valence-electron chi connectivity index (χ0n) is 6.79. The van der Waals surface area contributed by atoms with Gasteiger partial charge in [0.1, 0.15) is 0 Å². The monoisotopic (exact) mass is 148 g/mol. The fraction of sp³-hybridized carbons (Fsp3) is 1.00. The van der Waals surface area contributed by atoms with Crippen LogP contribution >= 0.6 is 0 Å². The van der Waals surface area contributed by atoms with Crippen LogP contribution < -0.4 is 0 Å². The summed E-state index contributed by atoms with van der Waals surface area (Å²) < 4.78 is 0. The Balaban J connectivity index is 3.46. The third-order valence-corrected chi connectivity index (χ3v) is 1.38. The summed E-state index contributed by atoms with van der Waals surface area (Å²) in [5.74, 6) is -0.855. The van der Waals surface area contributed by atoms with Crippen LogP contribution in [0.1, 0.15) is 33.6 Å². The fourth-order valence-corrected chi connectivity index (χ4v) is 0.602. The molecule has 0 saturated heterocycles. The van der Waals surface area contributed by atoms with Gasteiger partial charge in [-0.05, 0) is 19.3 Å². The average molecular weight is 148 g/mol. The van der Waals surface area contributed by atoms with Crippen LogP contribution in [0.5, 0.6) is 0 Å². The van der Waals surface area contributed by atoms with Gasteiger partial charge in [-0.2, -0.15) is 0 Å². The maximum absolute atomic E-state index is 9.10. The highest BCUT2D eigenvalue weighted by Crippen LogP contribution is 2.15. The normalized spacial score (nSPS) is 17.4. The molecule has 0 fully saturated rings. The van der Waals surface area contributed by atoms with Crippen molar-refractivity contribution in [3.8, 4) is 0 Å². The Bertz CT molecular complexity index is 88.9. The Morgan fingerprint density at radius 1 is 1.50 bits per heavy atom. The van der Waals surface area contributed by atoms with Gasteiger partial charge in [-0.1, -0.05) is 13.8 Å². The molecule has 3 heteroatoms. The molecule has 0 aromatic rings. The summed E-state index contributed by atoms with van der Waals surface area (Å²) in [6, 6.07) is 0. The van der Waals surface area contributed by atoms with E-state index in [0.29, 0.717) is 12.3 Å². The van der Waals surface area contributed by atoms with Gasteiger partial charge < -0.3 is 5.11 Å². The summed E-state index contributed by atoms with van der Waals surface area (Å²) >= 11 is 0. The van der Waals surface area contributed by atoms with Gasteiger partial charge in [0.25, 0.3) is 0 Å². The van der Waals surface area contributed by atoms with Gasteiger partial charge in [-0.15, -0.1) is 0 Å². The zero-order chi connectivity index (χ0) is 8.20. The molecule has 0 aliphatic heterocycles. The molecule has 62 valence electrons. The van der Waals surface area contributed by atoms with Crippen molar-refractivity contribution < 1.29 is 15.3 Å². The van der Waals surface area contributed by atoms with Crippen molar-refractivity contribution >= 4 is 0 Å². The molecule has 0 bridgehead atoms. The van der Waals surface area contributed by atoms with Gasteiger partial charge >= 0.3 is 0 Å². The molecule has 3 nitrogen and oxygen atoms in total. The summed E-state index contributed by atoms with van der Waals surface area (Å²) in [4.78, 5) is 3.84. The van der Waals surface area contributed by atoms with Crippen LogP contribution in [0.2, 0.25) is 0 Å². The summed E-state index contributed by atoms with van der Waals surface area (Å²) in [5.41, 5.74) is 0. The minimum Gasteiger partial charge on any atom is -0.363 e. The maximum Gasteiger partial charge on any atom is 0.196 e. The van der Waals surface area contributed by atoms with Gasteiger partial charge in [0, 0.05) is 6.42 Å². The molecular formula is C7H16O3. The molecule has 0 rings (SSSR count). The third kappa shape index (κ3) is 4.73. The van der Waals surface area contributed by atoms with Crippen molar-refractivity contribution in [3.05, 3.63) is 0 Å². The smallest absolute Gasteiger partial charge is 0.196 e. The first-order chi connectivity index (χ1) is 4.48. The molecule has 10 heavy (non-hydrogen) atoms. The standard InChI is InChI=1S/C7H16O3/c1-6(2)4-5-7(3,8)10-9/h6,8-9H,4-5H2,1-3H3. The largest absolute Gasteiger partial charge is 0.363 e. The van der Waals surface area contributed by atoms with E-state index in [1.165, 1.54) is 6.92 Å². The molecule has 0 radical (unpaired) electrons. The maximum atomic E-state index is 9.10. The van der Waals surface area contributed by atoms with Crippen LogP contribution in [-0.4, -0.2) is 16.2 Å². The molecule has 1 atom stereocenters. The highest BCUT2D eigenvalue weighted by Gasteiger charge is 2.20. The van der Waals surface area contributed by atoms with Gasteiger partial charge in [-0.25, -0.2) is 10.1 Å². The van der Waals surface area contributed by atoms with Crippen LogP contribution in [0.15, 0.2) is 0 Å². The van der Waals surface area contributed by atoms with Crippen LogP contribution in [0.3, 0.4) is 0 Å². The van der Waals surface area contributed by atoms with E-state index in [-0.39, 0.29) is 0 Å². The van der Waals surface area contributed by atoms with Crippen LogP contribution in [-0.2, 0) is 4.89 Å². The molecule has 0 aliphatic rings. The molecular weight excluding hydrogens is 132 g/mol. The lowest BCUT2D eigenvalue weighted by Crippen LogP contribution is -2.26. The van der Waals surface area contributed by atoms with Crippen LogP contribution in [0.4, 0.5) is 0 Å². The van der Waals surface area contributed by atoms with E-state index in [4.69, 9.17) is 10.4 Å². The molecule has 0 aromatic carbocycles.